The topological polar surface area (TPSA) is 49.3 Å². The lowest BCUT2D eigenvalue weighted by molar-refractivity contribution is -0.110. The van der Waals surface area contributed by atoms with Crippen molar-refractivity contribution in [3.8, 4) is 5.75 Å². The van der Waals surface area contributed by atoms with Crippen molar-refractivity contribution in [3.05, 3.63) is 58.6 Å². The maximum absolute atomic E-state index is 11.9. The molecule has 1 aliphatic rings. The number of benzene rings is 2. The molecular weight excluding hydrogens is 262 g/mol. The van der Waals surface area contributed by atoms with Gasteiger partial charge in [0.05, 0.1) is 0 Å². The maximum atomic E-state index is 11.9. The second-order valence-electron chi connectivity index (χ2n) is 4.30. The lowest BCUT2D eigenvalue weighted by Gasteiger charge is -2.00. The molecule has 0 fully saturated rings. The number of rotatable bonds is 1. The molecule has 0 saturated heterocycles. The molecule has 3 rings (SSSR count). The Hall–Kier alpha value is -2.26. The third-order valence-corrected chi connectivity index (χ3v) is 3.18. The van der Waals surface area contributed by atoms with Gasteiger partial charge in [0, 0.05) is 21.8 Å². The number of hydrogen-bond acceptors (Lipinski definition) is 2. The maximum Gasteiger partial charge on any atom is 0.256 e. The number of anilines is 1. The van der Waals surface area contributed by atoms with Crippen LogP contribution in [0.15, 0.2) is 42.5 Å². The Balaban J connectivity index is 2.11. The second-order valence-corrected chi connectivity index (χ2v) is 4.73. The summed E-state index contributed by atoms with van der Waals surface area (Å²) in [4.78, 5) is 11.9. The molecule has 1 aliphatic heterocycles. The molecule has 0 aliphatic carbocycles. The van der Waals surface area contributed by atoms with Crippen LogP contribution in [0.1, 0.15) is 11.1 Å². The van der Waals surface area contributed by atoms with E-state index in [1.807, 2.05) is 6.07 Å². The van der Waals surface area contributed by atoms with Crippen LogP contribution in [0.5, 0.6) is 5.75 Å². The van der Waals surface area contributed by atoms with Gasteiger partial charge in [-0.3, -0.25) is 4.79 Å². The summed E-state index contributed by atoms with van der Waals surface area (Å²) in [5.74, 6) is -0.000294. The van der Waals surface area contributed by atoms with Crippen LogP contribution in [-0.4, -0.2) is 11.0 Å². The van der Waals surface area contributed by atoms with Gasteiger partial charge >= 0.3 is 0 Å². The predicted octanol–water partition coefficient (Wildman–Crippen LogP) is 3.54. The SMILES string of the molecule is O=C1Nc2ccc(Cl)cc2/C1=C/c1cccc(O)c1. The van der Waals surface area contributed by atoms with E-state index in [1.54, 1.807) is 42.5 Å². The highest BCUT2D eigenvalue weighted by Gasteiger charge is 2.24. The highest BCUT2D eigenvalue weighted by molar-refractivity contribution is 6.36. The summed E-state index contributed by atoms with van der Waals surface area (Å²) in [5.41, 5.74) is 2.84. The first-order valence-electron chi connectivity index (χ1n) is 5.75. The highest BCUT2D eigenvalue weighted by atomic mass is 35.5. The normalized spacial score (nSPS) is 15.4. The molecule has 4 heteroatoms. The summed E-state index contributed by atoms with van der Waals surface area (Å²) in [7, 11) is 0. The minimum Gasteiger partial charge on any atom is -0.508 e. The molecule has 2 aromatic rings. The van der Waals surface area contributed by atoms with E-state index in [0.717, 1.165) is 16.8 Å². The van der Waals surface area contributed by atoms with Crippen LogP contribution in [0, 0.1) is 0 Å². The first-order chi connectivity index (χ1) is 9.13. The number of carbonyl (C=O) groups excluding carboxylic acids is 1. The quantitative estimate of drug-likeness (QED) is 0.780. The highest BCUT2D eigenvalue weighted by Crippen LogP contribution is 2.35. The molecule has 0 bridgehead atoms. The molecule has 1 heterocycles. The van der Waals surface area contributed by atoms with Crippen molar-refractivity contribution in [3.63, 3.8) is 0 Å². The second kappa shape index (κ2) is 4.44. The zero-order chi connectivity index (χ0) is 13.4. The van der Waals surface area contributed by atoms with E-state index >= 15 is 0 Å². The number of phenolic OH excluding ortho intramolecular Hbond substituents is 1. The van der Waals surface area contributed by atoms with E-state index in [-0.39, 0.29) is 11.7 Å². The Kier molecular flexibility index (Phi) is 2.76. The van der Waals surface area contributed by atoms with Gasteiger partial charge in [0.1, 0.15) is 5.75 Å². The minimum absolute atomic E-state index is 0.166. The fourth-order valence-electron chi connectivity index (χ4n) is 2.08. The van der Waals surface area contributed by atoms with Crippen LogP contribution in [0.4, 0.5) is 5.69 Å². The van der Waals surface area contributed by atoms with Crippen molar-refractivity contribution in [1.82, 2.24) is 0 Å². The molecule has 0 aromatic heterocycles. The van der Waals surface area contributed by atoms with Gasteiger partial charge < -0.3 is 10.4 Å². The zero-order valence-corrected chi connectivity index (χ0v) is 10.6. The Morgan fingerprint density at radius 2 is 2.00 bits per heavy atom. The van der Waals surface area contributed by atoms with E-state index in [9.17, 15) is 9.90 Å². The number of nitrogens with one attached hydrogen (secondary N) is 1. The number of hydrogen-bond donors (Lipinski definition) is 2. The standard InChI is InChI=1S/C15H10ClNO2/c16-10-4-5-14-12(8-10)13(15(19)17-14)7-9-2-1-3-11(18)6-9/h1-8,18H,(H,17,19)/b13-7-. The number of halogens is 1. The summed E-state index contributed by atoms with van der Waals surface area (Å²) in [5, 5.41) is 12.8. The first-order valence-corrected chi connectivity index (χ1v) is 6.13. The molecule has 0 atom stereocenters. The smallest absolute Gasteiger partial charge is 0.256 e. The Labute approximate surface area is 115 Å². The number of amides is 1. The molecule has 0 spiro atoms. The van der Waals surface area contributed by atoms with Crippen LogP contribution in [0.2, 0.25) is 5.02 Å². The summed E-state index contributed by atoms with van der Waals surface area (Å²) in [6, 6.07) is 12.0. The van der Waals surface area contributed by atoms with Crippen LogP contribution < -0.4 is 5.32 Å². The molecular formula is C15H10ClNO2. The van der Waals surface area contributed by atoms with E-state index in [4.69, 9.17) is 11.6 Å². The summed E-state index contributed by atoms with van der Waals surface area (Å²) >= 11 is 5.96. The number of phenols is 1. The number of fused-ring (bicyclic) bond motifs is 1. The van der Waals surface area contributed by atoms with E-state index in [1.165, 1.54) is 0 Å². The average Bonchev–Trinajstić information content (AvgIpc) is 2.66. The summed E-state index contributed by atoms with van der Waals surface area (Å²) in [6.45, 7) is 0. The minimum atomic E-state index is -0.166. The molecule has 2 N–H and O–H groups in total. The molecule has 94 valence electrons. The van der Waals surface area contributed by atoms with Gasteiger partial charge in [-0.15, -0.1) is 0 Å². The lowest BCUT2D eigenvalue weighted by Crippen LogP contribution is -2.03. The molecule has 2 aromatic carbocycles. The van der Waals surface area contributed by atoms with Crippen molar-refractivity contribution in [2.75, 3.05) is 5.32 Å². The third kappa shape index (κ3) is 2.20. The fourth-order valence-corrected chi connectivity index (χ4v) is 2.26. The van der Waals surface area contributed by atoms with E-state index < -0.39 is 0 Å². The van der Waals surface area contributed by atoms with Gasteiger partial charge in [-0.1, -0.05) is 23.7 Å². The van der Waals surface area contributed by atoms with Gasteiger partial charge in [0.2, 0.25) is 0 Å². The van der Waals surface area contributed by atoms with Crippen molar-refractivity contribution in [1.29, 1.82) is 0 Å². The van der Waals surface area contributed by atoms with Crippen LogP contribution >= 0.6 is 11.6 Å². The van der Waals surface area contributed by atoms with Crippen molar-refractivity contribution < 1.29 is 9.90 Å². The fraction of sp³-hybridized carbons (Fsp3) is 0. The van der Waals surface area contributed by atoms with Gasteiger partial charge in [-0.25, -0.2) is 0 Å². The van der Waals surface area contributed by atoms with Crippen molar-refractivity contribution in [2.24, 2.45) is 0 Å². The van der Waals surface area contributed by atoms with Gasteiger partial charge in [-0.2, -0.15) is 0 Å². The Morgan fingerprint density at radius 3 is 2.79 bits per heavy atom. The zero-order valence-electron chi connectivity index (χ0n) is 9.85. The largest absolute Gasteiger partial charge is 0.508 e. The molecule has 0 unspecified atom stereocenters. The van der Waals surface area contributed by atoms with Crippen LogP contribution in [0.25, 0.3) is 11.6 Å². The number of carbonyl (C=O) groups is 1. The van der Waals surface area contributed by atoms with Gasteiger partial charge in [-0.05, 0) is 42.0 Å². The predicted molar refractivity (Wildman–Crippen MR) is 76.1 cm³/mol. The monoisotopic (exact) mass is 271 g/mol. The molecule has 0 saturated carbocycles. The molecule has 0 radical (unpaired) electrons. The molecule has 19 heavy (non-hydrogen) atoms. The third-order valence-electron chi connectivity index (χ3n) is 2.95. The van der Waals surface area contributed by atoms with E-state index in [0.29, 0.717) is 10.6 Å². The lowest BCUT2D eigenvalue weighted by atomic mass is 10.0. The van der Waals surface area contributed by atoms with Gasteiger partial charge in [0.15, 0.2) is 0 Å². The first kappa shape index (κ1) is 11.8. The number of aromatic hydroxyl groups is 1. The Bertz CT molecular complexity index is 707. The van der Waals surface area contributed by atoms with Crippen molar-refractivity contribution >= 4 is 34.8 Å². The molecule has 3 nitrogen and oxygen atoms in total. The van der Waals surface area contributed by atoms with Crippen LogP contribution in [0.3, 0.4) is 0 Å². The Morgan fingerprint density at radius 1 is 1.16 bits per heavy atom. The van der Waals surface area contributed by atoms with Gasteiger partial charge in [0.25, 0.3) is 5.91 Å². The van der Waals surface area contributed by atoms with Crippen LogP contribution in [-0.2, 0) is 4.79 Å². The summed E-state index contributed by atoms with van der Waals surface area (Å²) in [6.07, 6.45) is 1.73. The molecule has 1 amide bonds. The average molecular weight is 272 g/mol. The van der Waals surface area contributed by atoms with Crippen molar-refractivity contribution in [2.45, 2.75) is 0 Å². The van der Waals surface area contributed by atoms with E-state index in [2.05, 4.69) is 5.32 Å². The summed E-state index contributed by atoms with van der Waals surface area (Å²) < 4.78 is 0.